The quantitative estimate of drug-likeness (QED) is 0.730. The number of hydrogen-bond donors (Lipinski definition) is 2. The van der Waals surface area contributed by atoms with Crippen LogP contribution >= 0.6 is 0 Å². The highest BCUT2D eigenvalue weighted by Gasteiger charge is 2.22. The van der Waals surface area contributed by atoms with E-state index < -0.39 is 5.54 Å². The Morgan fingerprint density at radius 3 is 2.80 bits per heavy atom. The van der Waals surface area contributed by atoms with E-state index in [0.29, 0.717) is 6.42 Å². The molecule has 2 N–H and O–H groups in total. The van der Waals surface area contributed by atoms with Gasteiger partial charge in [-0.1, -0.05) is 0 Å². The van der Waals surface area contributed by atoms with Gasteiger partial charge in [-0.25, -0.2) is 0 Å². The van der Waals surface area contributed by atoms with Crippen molar-refractivity contribution in [2.75, 3.05) is 13.2 Å². The van der Waals surface area contributed by atoms with Crippen molar-refractivity contribution in [3.8, 4) is 0 Å². The Hall–Kier alpha value is -0.610. The lowest BCUT2D eigenvalue weighted by atomic mass is 10.0. The third-order valence-corrected chi connectivity index (χ3v) is 2.56. The molecule has 0 aromatic rings. The summed E-state index contributed by atoms with van der Waals surface area (Å²) in [7, 11) is 0. The second kappa shape index (κ2) is 5.47. The van der Waals surface area contributed by atoms with Crippen LogP contribution in [0.4, 0.5) is 0 Å². The summed E-state index contributed by atoms with van der Waals surface area (Å²) in [5, 5.41) is 11.8. The third kappa shape index (κ3) is 4.62. The van der Waals surface area contributed by atoms with Gasteiger partial charge < -0.3 is 15.2 Å². The number of nitrogens with one attached hydrogen (secondary N) is 1. The topological polar surface area (TPSA) is 58.6 Å². The lowest BCUT2D eigenvalue weighted by molar-refractivity contribution is -0.126. The van der Waals surface area contributed by atoms with E-state index in [9.17, 15) is 4.79 Å². The molecule has 1 aliphatic heterocycles. The van der Waals surface area contributed by atoms with Crippen LogP contribution in [0.3, 0.4) is 0 Å². The molecule has 0 saturated carbocycles. The monoisotopic (exact) mass is 215 g/mol. The number of ether oxygens (including phenoxy) is 1. The van der Waals surface area contributed by atoms with Crippen LogP contribution in [-0.4, -0.2) is 35.9 Å². The van der Waals surface area contributed by atoms with Crippen LogP contribution in [-0.2, 0) is 9.53 Å². The van der Waals surface area contributed by atoms with E-state index in [1.54, 1.807) is 13.8 Å². The summed E-state index contributed by atoms with van der Waals surface area (Å²) in [5.41, 5.74) is -0.536. The molecule has 0 radical (unpaired) electrons. The van der Waals surface area contributed by atoms with Crippen molar-refractivity contribution in [2.45, 2.75) is 51.2 Å². The van der Waals surface area contributed by atoms with Crippen LogP contribution in [0.1, 0.15) is 39.5 Å². The van der Waals surface area contributed by atoms with Crippen LogP contribution in [0.2, 0.25) is 0 Å². The normalized spacial score (nSPS) is 22.5. The van der Waals surface area contributed by atoms with E-state index in [4.69, 9.17) is 9.84 Å². The second-order valence-corrected chi connectivity index (χ2v) is 4.78. The molecule has 4 nitrogen and oxygen atoms in total. The molecule has 1 heterocycles. The van der Waals surface area contributed by atoms with Crippen molar-refractivity contribution in [2.24, 2.45) is 0 Å². The molecule has 88 valence electrons. The van der Waals surface area contributed by atoms with Gasteiger partial charge in [0.1, 0.15) is 0 Å². The first kappa shape index (κ1) is 12.5. The molecule has 0 aromatic heterocycles. The Bertz CT molecular complexity index is 210. The number of hydrogen-bond acceptors (Lipinski definition) is 3. The lowest BCUT2D eigenvalue weighted by Crippen LogP contribution is -2.47. The predicted octanol–water partition coefficient (Wildman–Crippen LogP) is 0.833. The van der Waals surface area contributed by atoms with Gasteiger partial charge in [-0.2, -0.15) is 0 Å². The molecular formula is C11H21NO3. The van der Waals surface area contributed by atoms with Gasteiger partial charge in [-0.15, -0.1) is 0 Å². The number of carbonyl (C=O) groups excluding carboxylic acids is 1. The smallest absolute Gasteiger partial charge is 0.223 e. The van der Waals surface area contributed by atoms with Gasteiger partial charge in [0.05, 0.1) is 24.7 Å². The number of rotatable bonds is 4. The van der Waals surface area contributed by atoms with E-state index in [1.165, 1.54) is 0 Å². The largest absolute Gasteiger partial charge is 0.394 e. The molecule has 0 aliphatic carbocycles. The molecule has 0 spiro atoms. The fraction of sp³-hybridized carbons (Fsp3) is 0.909. The van der Waals surface area contributed by atoms with Crippen molar-refractivity contribution < 1.29 is 14.6 Å². The molecule has 0 bridgehead atoms. The second-order valence-electron chi connectivity index (χ2n) is 4.78. The van der Waals surface area contributed by atoms with E-state index in [2.05, 4.69) is 5.32 Å². The summed E-state index contributed by atoms with van der Waals surface area (Å²) < 4.78 is 5.47. The fourth-order valence-electron chi connectivity index (χ4n) is 1.64. The van der Waals surface area contributed by atoms with Gasteiger partial charge >= 0.3 is 0 Å². The summed E-state index contributed by atoms with van der Waals surface area (Å²) in [6.07, 6.45) is 3.67. The number of aliphatic hydroxyl groups is 1. The Morgan fingerprint density at radius 1 is 1.53 bits per heavy atom. The minimum absolute atomic E-state index is 0.0408. The molecule has 1 amide bonds. The Balaban J connectivity index is 2.28. The minimum Gasteiger partial charge on any atom is -0.394 e. The average Bonchev–Trinajstić information content (AvgIpc) is 2.18. The summed E-state index contributed by atoms with van der Waals surface area (Å²) in [6.45, 7) is 4.31. The van der Waals surface area contributed by atoms with Gasteiger partial charge in [-0.05, 0) is 33.1 Å². The van der Waals surface area contributed by atoms with Gasteiger partial charge in [0, 0.05) is 6.61 Å². The summed E-state index contributed by atoms with van der Waals surface area (Å²) in [6, 6.07) is 0. The van der Waals surface area contributed by atoms with E-state index in [0.717, 1.165) is 25.9 Å². The molecule has 1 atom stereocenters. The van der Waals surface area contributed by atoms with Crippen molar-refractivity contribution in [1.29, 1.82) is 0 Å². The lowest BCUT2D eigenvalue weighted by Gasteiger charge is -2.26. The zero-order chi connectivity index (χ0) is 11.3. The molecular weight excluding hydrogens is 194 g/mol. The number of carbonyl (C=O) groups is 1. The van der Waals surface area contributed by atoms with Gasteiger partial charge in [0.2, 0.25) is 5.91 Å². The molecule has 4 heteroatoms. The standard InChI is InChI=1S/C11H21NO3/c1-11(2,8-13)12-10(14)7-9-5-3-4-6-15-9/h9,13H,3-8H2,1-2H3,(H,12,14). The highest BCUT2D eigenvalue weighted by Crippen LogP contribution is 2.15. The fourth-order valence-corrected chi connectivity index (χ4v) is 1.64. The maximum atomic E-state index is 11.6. The predicted molar refractivity (Wildman–Crippen MR) is 57.5 cm³/mol. The molecule has 1 fully saturated rings. The summed E-state index contributed by atoms with van der Waals surface area (Å²) in [4.78, 5) is 11.6. The van der Waals surface area contributed by atoms with Crippen molar-refractivity contribution in [3.05, 3.63) is 0 Å². The van der Waals surface area contributed by atoms with Crippen molar-refractivity contribution in [3.63, 3.8) is 0 Å². The SMILES string of the molecule is CC(C)(CO)NC(=O)CC1CCCCO1. The van der Waals surface area contributed by atoms with Crippen LogP contribution < -0.4 is 5.32 Å². The first-order valence-corrected chi connectivity index (χ1v) is 5.57. The van der Waals surface area contributed by atoms with Gasteiger partial charge in [0.25, 0.3) is 0 Å². The first-order chi connectivity index (χ1) is 7.03. The maximum Gasteiger partial charge on any atom is 0.223 e. The molecule has 15 heavy (non-hydrogen) atoms. The van der Waals surface area contributed by atoms with Gasteiger partial charge in [-0.3, -0.25) is 4.79 Å². The number of aliphatic hydroxyl groups excluding tert-OH is 1. The van der Waals surface area contributed by atoms with E-state index in [-0.39, 0.29) is 18.6 Å². The third-order valence-electron chi connectivity index (χ3n) is 2.56. The van der Waals surface area contributed by atoms with Crippen molar-refractivity contribution >= 4 is 5.91 Å². The Morgan fingerprint density at radius 2 is 2.27 bits per heavy atom. The molecule has 1 aliphatic rings. The Labute approximate surface area is 91.0 Å². The van der Waals surface area contributed by atoms with E-state index in [1.807, 2.05) is 0 Å². The molecule has 1 saturated heterocycles. The van der Waals surface area contributed by atoms with Gasteiger partial charge in [0.15, 0.2) is 0 Å². The zero-order valence-corrected chi connectivity index (χ0v) is 9.58. The minimum atomic E-state index is -0.536. The zero-order valence-electron chi connectivity index (χ0n) is 9.58. The molecule has 0 aromatic carbocycles. The first-order valence-electron chi connectivity index (χ1n) is 5.57. The van der Waals surface area contributed by atoms with Crippen LogP contribution in [0.15, 0.2) is 0 Å². The van der Waals surface area contributed by atoms with Crippen LogP contribution in [0.25, 0.3) is 0 Å². The highest BCUT2D eigenvalue weighted by atomic mass is 16.5. The average molecular weight is 215 g/mol. The summed E-state index contributed by atoms with van der Waals surface area (Å²) >= 11 is 0. The molecule has 1 rings (SSSR count). The number of amides is 1. The van der Waals surface area contributed by atoms with Crippen molar-refractivity contribution in [1.82, 2.24) is 5.32 Å². The highest BCUT2D eigenvalue weighted by molar-refractivity contribution is 5.77. The molecule has 1 unspecified atom stereocenters. The Kier molecular flexibility index (Phi) is 4.54. The van der Waals surface area contributed by atoms with E-state index >= 15 is 0 Å². The summed E-state index contributed by atoms with van der Waals surface area (Å²) in [5.74, 6) is -0.0408. The maximum absolute atomic E-state index is 11.6. The van der Waals surface area contributed by atoms with Crippen LogP contribution in [0.5, 0.6) is 0 Å². The van der Waals surface area contributed by atoms with Crippen LogP contribution in [0, 0.1) is 0 Å².